The first kappa shape index (κ1) is 26.4. The highest BCUT2D eigenvalue weighted by molar-refractivity contribution is 7.97. The Balaban J connectivity index is 0.00000187. The number of rotatable bonds is 9. The topological polar surface area (TPSA) is 86.5 Å². The van der Waals surface area contributed by atoms with Crippen molar-refractivity contribution in [1.82, 2.24) is 0 Å². The van der Waals surface area contributed by atoms with Crippen molar-refractivity contribution in [2.75, 3.05) is 36.5 Å². The van der Waals surface area contributed by atoms with E-state index in [0.29, 0.717) is 18.1 Å². The van der Waals surface area contributed by atoms with Crippen LogP contribution in [0.25, 0.3) is 0 Å². The number of anilines is 2. The van der Waals surface area contributed by atoms with E-state index in [1.807, 2.05) is 52.0 Å². The molecule has 1 aliphatic rings. The number of ether oxygens (including phenoxy) is 1. The molecule has 8 heteroatoms. The lowest BCUT2D eigenvalue weighted by Crippen LogP contribution is -2.34. The summed E-state index contributed by atoms with van der Waals surface area (Å²) in [7, 11) is 0. The highest BCUT2D eigenvalue weighted by Gasteiger charge is 2.26. The third kappa shape index (κ3) is 7.33. The van der Waals surface area contributed by atoms with Crippen molar-refractivity contribution in [2.45, 2.75) is 39.9 Å². The van der Waals surface area contributed by atoms with E-state index in [2.05, 4.69) is 33.6 Å². The van der Waals surface area contributed by atoms with Crippen molar-refractivity contribution in [1.29, 1.82) is 0 Å². The van der Waals surface area contributed by atoms with Crippen molar-refractivity contribution in [2.24, 2.45) is 9.39 Å². The molecule has 0 bridgehead atoms. The van der Waals surface area contributed by atoms with E-state index in [1.165, 1.54) is 11.9 Å². The number of amides is 1. The van der Waals surface area contributed by atoms with Crippen LogP contribution in [0.15, 0.2) is 45.8 Å². The normalized spacial score (nSPS) is 12.5. The maximum Gasteiger partial charge on any atom is 0.246 e. The van der Waals surface area contributed by atoms with Gasteiger partial charge in [0, 0.05) is 23.5 Å². The van der Waals surface area contributed by atoms with Gasteiger partial charge in [0.15, 0.2) is 0 Å². The molecule has 1 aliphatic heterocycles. The maximum absolute atomic E-state index is 12.9. The average molecular weight is 471 g/mol. The molecular formula is C25H34N4O3S. The molecule has 0 atom stereocenters. The van der Waals surface area contributed by atoms with Gasteiger partial charge < -0.3 is 20.1 Å². The van der Waals surface area contributed by atoms with Crippen LogP contribution in [0, 0.1) is 6.92 Å². The largest absolute Gasteiger partial charge is 0.491 e. The van der Waals surface area contributed by atoms with Gasteiger partial charge in [-0.25, -0.2) is 9.39 Å². The van der Waals surface area contributed by atoms with Crippen LogP contribution in [-0.2, 0) is 17.0 Å². The van der Waals surface area contributed by atoms with E-state index < -0.39 is 0 Å². The van der Waals surface area contributed by atoms with Gasteiger partial charge in [0.25, 0.3) is 0 Å². The second-order valence-electron chi connectivity index (χ2n) is 7.19. The lowest BCUT2D eigenvalue weighted by molar-refractivity contribution is -0.116. The van der Waals surface area contributed by atoms with Crippen LogP contribution in [0.2, 0.25) is 0 Å². The second kappa shape index (κ2) is 13.6. The second-order valence-corrected chi connectivity index (χ2v) is 7.92. The zero-order valence-electron chi connectivity index (χ0n) is 19.9. The number of fused-ring (bicyclic) bond motifs is 1. The van der Waals surface area contributed by atoms with Gasteiger partial charge in [-0.1, -0.05) is 32.0 Å². The molecule has 0 fully saturated rings. The Hall–Kier alpha value is -2.84. The molecule has 0 aliphatic carbocycles. The van der Waals surface area contributed by atoms with Crippen molar-refractivity contribution in [3.63, 3.8) is 0 Å². The number of nitrogens with zero attached hydrogens (tertiary/aromatic N) is 3. The van der Waals surface area contributed by atoms with Gasteiger partial charge in [0.1, 0.15) is 18.2 Å². The number of aliphatic hydroxyl groups excluding tert-OH is 1. The lowest BCUT2D eigenvalue weighted by Gasteiger charge is -2.19. The summed E-state index contributed by atoms with van der Waals surface area (Å²) in [6.45, 7) is 12.3. The molecule has 0 aromatic heterocycles. The quantitative estimate of drug-likeness (QED) is 0.316. The third-order valence-electron chi connectivity index (χ3n) is 5.02. The van der Waals surface area contributed by atoms with E-state index in [4.69, 9.17) is 9.84 Å². The Morgan fingerprint density at radius 1 is 1.30 bits per heavy atom. The smallest absolute Gasteiger partial charge is 0.246 e. The highest BCUT2D eigenvalue weighted by atomic mass is 32.2. The van der Waals surface area contributed by atoms with Crippen molar-refractivity contribution >= 4 is 41.8 Å². The van der Waals surface area contributed by atoms with Crippen LogP contribution in [0.1, 0.15) is 37.5 Å². The van der Waals surface area contributed by atoms with Gasteiger partial charge in [-0.3, -0.25) is 4.79 Å². The molecule has 178 valence electrons. The summed E-state index contributed by atoms with van der Waals surface area (Å²) < 4.78 is 9.88. The summed E-state index contributed by atoms with van der Waals surface area (Å²) in [5.41, 5.74) is 5.03. The fourth-order valence-electron chi connectivity index (χ4n) is 3.40. The van der Waals surface area contributed by atoms with Gasteiger partial charge in [0.2, 0.25) is 5.91 Å². The van der Waals surface area contributed by atoms with Crippen molar-refractivity contribution in [3.8, 4) is 5.75 Å². The molecule has 0 radical (unpaired) electrons. The van der Waals surface area contributed by atoms with Gasteiger partial charge in [-0.2, -0.15) is 0 Å². The number of aryl methyl sites for hydroxylation is 1. The molecule has 0 unspecified atom stereocenters. The molecule has 1 amide bonds. The Labute approximate surface area is 201 Å². The first-order valence-corrected chi connectivity index (χ1v) is 12.1. The number of carbonyl (C=O) groups excluding carboxylic acids is 1. The molecule has 2 aromatic rings. The minimum atomic E-state index is -0.0374. The van der Waals surface area contributed by atoms with Gasteiger partial charge in [0.05, 0.1) is 18.8 Å². The first-order chi connectivity index (χ1) is 16.0. The maximum atomic E-state index is 12.9. The number of benzene rings is 2. The number of nitrogens with one attached hydrogen (secondary N) is 1. The van der Waals surface area contributed by atoms with E-state index in [9.17, 15) is 4.79 Å². The Morgan fingerprint density at radius 2 is 2.09 bits per heavy atom. The van der Waals surface area contributed by atoms with E-state index in [-0.39, 0.29) is 25.7 Å². The van der Waals surface area contributed by atoms with E-state index in [1.54, 1.807) is 4.90 Å². The fraction of sp³-hybridized carbons (Fsp3) is 0.400. The SMILES string of the molecule is C=N/C(C)=N\SCc1ccc(C)c(NCC(=O)N2CCc3c(OCCO)cccc32)c1.CC. The predicted octanol–water partition coefficient (Wildman–Crippen LogP) is 4.66. The summed E-state index contributed by atoms with van der Waals surface area (Å²) >= 11 is 1.42. The number of carbonyl (C=O) groups is 1. The summed E-state index contributed by atoms with van der Waals surface area (Å²) in [5.74, 6) is 2.11. The number of hydrogen-bond donors (Lipinski definition) is 2. The molecular weight excluding hydrogens is 436 g/mol. The molecule has 0 saturated heterocycles. The van der Waals surface area contributed by atoms with Crippen LogP contribution in [0.5, 0.6) is 5.75 Å². The summed E-state index contributed by atoms with van der Waals surface area (Å²) in [4.78, 5) is 18.5. The van der Waals surface area contributed by atoms with Gasteiger partial charge in [-0.05, 0) is 68.3 Å². The van der Waals surface area contributed by atoms with Crippen LogP contribution in [-0.4, -0.2) is 49.9 Å². The number of aliphatic hydroxyl groups is 1. The highest BCUT2D eigenvalue weighted by Crippen LogP contribution is 2.35. The number of hydrogen-bond acceptors (Lipinski definition) is 6. The molecule has 2 N–H and O–H groups in total. The van der Waals surface area contributed by atoms with Crippen LogP contribution in [0.4, 0.5) is 11.4 Å². The zero-order valence-corrected chi connectivity index (χ0v) is 20.7. The molecule has 3 rings (SSSR count). The molecule has 0 spiro atoms. The Morgan fingerprint density at radius 3 is 2.82 bits per heavy atom. The van der Waals surface area contributed by atoms with E-state index >= 15 is 0 Å². The Kier molecular flexibility index (Phi) is 10.9. The van der Waals surface area contributed by atoms with Gasteiger partial charge >= 0.3 is 0 Å². The summed E-state index contributed by atoms with van der Waals surface area (Å²) in [6, 6.07) is 11.9. The van der Waals surface area contributed by atoms with Crippen LogP contribution < -0.4 is 15.0 Å². The fourth-order valence-corrected chi connectivity index (χ4v) is 4.03. The van der Waals surface area contributed by atoms with Crippen molar-refractivity contribution in [3.05, 3.63) is 53.1 Å². The zero-order chi connectivity index (χ0) is 24.2. The van der Waals surface area contributed by atoms with Crippen LogP contribution in [0.3, 0.4) is 0 Å². The number of aliphatic imine (C=N–C) groups is 1. The summed E-state index contributed by atoms with van der Waals surface area (Å²) in [5, 5.41) is 12.3. The van der Waals surface area contributed by atoms with Crippen LogP contribution >= 0.6 is 11.9 Å². The number of amidine groups is 1. The molecule has 1 heterocycles. The minimum Gasteiger partial charge on any atom is -0.491 e. The predicted molar refractivity (Wildman–Crippen MR) is 140 cm³/mol. The monoisotopic (exact) mass is 470 g/mol. The third-order valence-corrected chi connectivity index (χ3v) is 5.88. The van der Waals surface area contributed by atoms with Gasteiger partial charge in [-0.15, -0.1) is 0 Å². The molecule has 2 aromatic carbocycles. The standard InChI is InChI=1S/C23H28N4O3S.C2H6/c1-16-7-8-18(15-31-26-17(2)24-3)13-20(16)25-14-23(29)27-10-9-19-21(27)5-4-6-22(19)30-12-11-28;1-2/h4-8,13,25,28H,3,9-12,14-15H2,1-2H3;1-2H3/b26-17-;. The van der Waals surface area contributed by atoms with Crippen molar-refractivity contribution < 1.29 is 14.6 Å². The average Bonchev–Trinajstić information content (AvgIpc) is 3.28. The Bertz CT molecular complexity index is 978. The van der Waals surface area contributed by atoms with E-state index in [0.717, 1.165) is 40.2 Å². The molecule has 0 saturated carbocycles. The molecule has 33 heavy (non-hydrogen) atoms. The lowest BCUT2D eigenvalue weighted by atomic mass is 10.1. The minimum absolute atomic E-state index is 0.00881. The molecule has 7 nitrogen and oxygen atoms in total. The first-order valence-electron chi connectivity index (χ1n) is 11.2. The summed E-state index contributed by atoms with van der Waals surface area (Å²) in [6.07, 6.45) is 0.744.